The Labute approximate surface area is 195 Å². The molecule has 31 heavy (non-hydrogen) atoms. The highest BCUT2D eigenvalue weighted by molar-refractivity contribution is 9.13. The number of aliphatic carboxylic acids is 1. The molecule has 1 aliphatic carbocycles. The van der Waals surface area contributed by atoms with E-state index in [0.717, 1.165) is 22.3 Å². The molecule has 4 rings (SSSR count). The normalized spacial score (nSPS) is 13.2. The summed E-state index contributed by atoms with van der Waals surface area (Å²) >= 11 is 6.68. The van der Waals surface area contributed by atoms with E-state index < -0.39 is 18.1 Å². The van der Waals surface area contributed by atoms with Crippen LogP contribution in [-0.2, 0) is 16.0 Å². The fraction of sp³-hybridized carbons (Fsp3) is 0.174. The van der Waals surface area contributed by atoms with Crippen LogP contribution in [0.25, 0.3) is 11.1 Å². The molecular weight excluding hydrogens is 528 g/mol. The third kappa shape index (κ3) is 4.50. The number of aromatic nitrogens is 1. The lowest BCUT2D eigenvalue weighted by Gasteiger charge is -2.18. The van der Waals surface area contributed by atoms with Crippen molar-refractivity contribution in [1.29, 1.82) is 0 Å². The summed E-state index contributed by atoms with van der Waals surface area (Å²) in [6.07, 6.45) is 0.885. The van der Waals surface area contributed by atoms with Crippen LogP contribution in [0.1, 0.15) is 22.6 Å². The van der Waals surface area contributed by atoms with E-state index in [2.05, 4.69) is 54.3 Å². The predicted molar refractivity (Wildman–Crippen MR) is 123 cm³/mol. The van der Waals surface area contributed by atoms with E-state index in [1.165, 1.54) is 0 Å². The van der Waals surface area contributed by atoms with Crippen LogP contribution in [0.5, 0.6) is 0 Å². The number of rotatable bonds is 6. The number of carboxylic acids is 1. The first-order valence-electron chi connectivity index (χ1n) is 9.59. The van der Waals surface area contributed by atoms with Gasteiger partial charge in [-0.2, -0.15) is 0 Å². The van der Waals surface area contributed by atoms with Gasteiger partial charge in [-0.3, -0.25) is 0 Å². The number of nitrogens with one attached hydrogen (secondary N) is 1. The highest BCUT2D eigenvalue weighted by Gasteiger charge is 2.30. The highest BCUT2D eigenvalue weighted by atomic mass is 79.9. The van der Waals surface area contributed by atoms with Gasteiger partial charge in [0, 0.05) is 18.5 Å². The Hall–Kier alpha value is -2.71. The van der Waals surface area contributed by atoms with Crippen molar-refractivity contribution in [2.45, 2.75) is 18.4 Å². The lowest BCUT2D eigenvalue weighted by atomic mass is 9.98. The molecule has 8 heteroatoms. The zero-order chi connectivity index (χ0) is 22.0. The summed E-state index contributed by atoms with van der Waals surface area (Å²) in [5.41, 5.74) is 5.15. The van der Waals surface area contributed by atoms with Gasteiger partial charge >= 0.3 is 12.1 Å². The number of carbonyl (C=O) groups excluding carboxylic acids is 1. The molecule has 2 N–H and O–H groups in total. The summed E-state index contributed by atoms with van der Waals surface area (Å²) in [5.74, 6) is -1.24. The number of fused-ring (bicyclic) bond motifs is 3. The summed E-state index contributed by atoms with van der Waals surface area (Å²) in [4.78, 5) is 28.2. The maximum absolute atomic E-state index is 12.5. The SMILES string of the molecule is O=C(NC(Cc1ccnc(Br)c1Br)C(=O)O)OCC1c2ccccc2-c2ccccc21. The van der Waals surface area contributed by atoms with Gasteiger partial charge < -0.3 is 15.2 Å². The summed E-state index contributed by atoms with van der Waals surface area (Å²) in [5, 5.41) is 12.0. The minimum absolute atomic E-state index is 0.0846. The van der Waals surface area contributed by atoms with Gasteiger partial charge in [0.05, 0.1) is 4.47 Å². The maximum atomic E-state index is 12.5. The Morgan fingerprint density at radius 1 is 1.03 bits per heavy atom. The molecule has 0 saturated carbocycles. The Bertz CT molecular complexity index is 1110. The van der Waals surface area contributed by atoms with Gasteiger partial charge in [0.15, 0.2) is 0 Å². The van der Waals surface area contributed by atoms with Gasteiger partial charge in [0.25, 0.3) is 0 Å². The molecule has 0 fully saturated rings. The molecule has 0 saturated heterocycles. The van der Waals surface area contributed by atoms with Crippen LogP contribution in [0.2, 0.25) is 0 Å². The lowest BCUT2D eigenvalue weighted by molar-refractivity contribution is -0.139. The average Bonchev–Trinajstić information content (AvgIpc) is 3.08. The molecule has 1 unspecified atom stereocenters. The summed E-state index contributed by atoms with van der Waals surface area (Å²) < 4.78 is 6.68. The van der Waals surface area contributed by atoms with Crippen LogP contribution in [0.4, 0.5) is 4.79 Å². The second kappa shape index (κ2) is 9.20. The molecular formula is C23H18Br2N2O4. The molecule has 158 valence electrons. The molecule has 1 aliphatic rings. The Morgan fingerprint density at radius 3 is 2.26 bits per heavy atom. The number of carbonyl (C=O) groups is 2. The van der Waals surface area contributed by atoms with Crippen LogP contribution in [0.15, 0.2) is 69.9 Å². The van der Waals surface area contributed by atoms with E-state index in [9.17, 15) is 14.7 Å². The van der Waals surface area contributed by atoms with Crippen molar-refractivity contribution in [2.24, 2.45) is 0 Å². The van der Waals surface area contributed by atoms with Crippen LogP contribution >= 0.6 is 31.9 Å². The topological polar surface area (TPSA) is 88.5 Å². The number of hydrogen-bond acceptors (Lipinski definition) is 4. The van der Waals surface area contributed by atoms with Crippen molar-refractivity contribution >= 4 is 43.9 Å². The molecule has 3 aromatic rings. The molecule has 1 atom stereocenters. The third-order valence-corrected chi connectivity index (χ3v) is 7.30. The van der Waals surface area contributed by atoms with Crippen molar-refractivity contribution in [3.8, 4) is 11.1 Å². The van der Waals surface area contributed by atoms with Gasteiger partial charge in [-0.05, 0) is 65.7 Å². The molecule has 0 bridgehead atoms. The first-order chi connectivity index (χ1) is 15.0. The monoisotopic (exact) mass is 544 g/mol. The number of amides is 1. The minimum atomic E-state index is -1.15. The lowest BCUT2D eigenvalue weighted by Crippen LogP contribution is -2.43. The summed E-state index contributed by atoms with van der Waals surface area (Å²) in [6.45, 7) is 0.122. The summed E-state index contributed by atoms with van der Waals surface area (Å²) in [6, 6.07) is 16.6. The van der Waals surface area contributed by atoms with Gasteiger partial charge in [-0.1, -0.05) is 48.5 Å². The first-order valence-corrected chi connectivity index (χ1v) is 11.2. The van der Waals surface area contributed by atoms with E-state index >= 15 is 0 Å². The largest absolute Gasteiger partial charge is 0.480 e. The number of carboxylic acid groups (broad SMARTS) is 1. The quantitative estimate of drug-likeness (QED) is 0.419. The predicted octanol–water partition coefficient (Wildman–Crippen LogP) is 5.14. The second-order valence-electron chi connectivity index (χ2n) is 7.14. The number of alkyl carbamates (subject to hydrolysis) is 1. The third-order valence-electron chi connectivity index (χ3n) is 5.28. The molecule has 0 radical (unpaired) electrons. The fourth-order valence-electron chi connectivity index (χ4n) is 3.81. The van der Waals surface area contributed by atoms with Crippen LogP contribution in [0.3, 0.4) is 0 Å². The van der Waals surface area contributed by atoms with E-state index in [-0.39, 0.29) is 18.9 Å². The number of nitrogens with zero attached hydrogens (tertiary/aromatic N) is 1. The highest BCUT2D eigenvalue weighted by Crippen LogP contribution is 2.44. The molecule has 1 amide bonds. The number of hydrogen-bond donors (Lipinski definition) is 2. The second-order valence-corrected chi connectivity index (χ2v) is 8.68. The molecule has 6 nitrogen and oxygen atoms in total. The minimum Gasteiger partial charge on any atom is -0.480 e. The van der Waals surface area contributed by atoms with E-state index in [1.54, 1.807) is 12.3 Å². The molecule has 1 heterocycles. The fourth-order valence-corrected chi connectivity index (χ4v) is 4.58. The van der Waals surface area contributed by atoms with E-state index in [0.29, 0.717) is 14.6 Å². The van der Waals surface area contributed by atoms with E-state index in [1.807, 2.05) is 36.4 Å². The Kier molecular flexibility index (Phi) is 6.38. The molecule has 0 aliphatic heterocycles. The van der Waals surface area contributed by atoms with Crippen LogP contribution < -0.4 is 5.32 Å². The van der Waals surface area contributed by atoms with Gasteiger partial charge in [-0.15, -0.1) is 0 Å². The van der Waals surface area contributed by atoms with Gasteiger partial charge in [0.2, 0.25) is 0 Å². The van der Waals surface area contributed by atoms with Gasteiger partial charge in [0.1, 0.15) is 17.3 Å². The number of halogens is 2. The maximum Gasteiger partial charge on any atom is 0.407 e. The van der Waals surface area contributed by atoms with Crippen molar-refractivity contribution < 1.29 is 19.4 Å². The average molecular weight is 546 g/mol. The molecule has 0 spiro atoms. The number of pyridine rings is 1. The van der Waals surface area contributed by atoms with Crippen molar-refractivity contribution in [2.75, 3.05) is 6.61 Å². The van der Waals surface area contributed by atoms with Gasteiger partial charge in [-0.25, -0.2) is 14.6 Å². The van der Waals surface area contributed by atoms with Crippen LogP contribution in [0, 0.1) is 0 Å². The summed E-state index contributed by atoms with van der Waals surface area (Å²) in [7, 11) is 0. The number of ether oxygens (including phenoxy) is 1. The molecule has 1 aromatic heterocycles. The Morgan fingerprint density at radius 2 is 1.65 bits per heavy atom. The van der Waals surface area contributed by atoms with Crippen molar-refractivity contribution in [1.82, 2.24) is 10.3 Å². The zero-order valence-corrected chi connectivity index (χ0v) is 19.4. The molecule has 2 aromatic carbocycles. The van der Waals surface area contributed by atoms with E-state index in [4.69, 9.17) is 4.74 Å². The number of benzene rings is 2. The van der Waals surface area contributed by atoms with Crippen molar-refractivity contribution in [3.05, 3.63) is 86.6 Å². The standard InChI is InChI=1S/C23H18Br2N2O4/c24-20-13(9-10-26-21(20)25)11-19(22(28)29)27-23(30)31-12-18-16-7-3-1-5-14(16)15-6-2-4-8-17(15)18/h1-10,18-19H,11-12H2,(H,27,30)(H,28,29). The zero-order valence-electron chi connectivity index (χ0n) is 16.2. The van der Waals surface area contributed by atoms with Crippen molar-refractivity contribution in [3.63, 3.8) is 0 Å². The Balaban J connectivity index is 1.45. The smallest absolute Gasteiger partial charge is 0.407 e. The first kappa shape index (κ1) is 21.5. The van der Waals surface area contributed by atoms with Crippen LogP contribution in [-0.4, -0.2) is 34.8 Å².